The Morgan fingerprint density at radius 3 is 1.80 bits per heavy atom. The largest absolute Gasteiger partial charge is 0.388 e. The molecule has 0 aliphatic heterocycles. The summed E-state index contributed by atoms with van der Waals surface area (Å²) in [5.41, 5.74) is 0. The van der Waals surface area contributed by atoms with Crippen molar-refractivity contribution in [1.82, 2.24) is 0 Å². The van der Waals surface area contributed by atoms with Gasteiger partial charge in [0.1, 0.15) is 6.10 Å². The van der Waals surface area contributed by atoms with Crippen molar-refractivity contribution in [3.8, 4) is 0 Å². The first kappa shape index (κ1) is 12.9. The van der Waals surface area contributed by atoms with Crippen LogP contribution in [-0.2, 0) is 0 Å². The first-order chi connectivity index (χ1) is 7.13. The van der Waals surface area contributed by atoms with Crippen LogP contribution in [0.1, 0.15) is 64.2 Å². The summed E-state index contributed by atoms with van der Waals surface area (Å²) in [6.07, 6.45) is 8.56. The fraction of sp³-hybridized carbons (Fsp3) is 1.00. The van der Waals surface area contributed by atoms with E-state index in [9.17, 15) is 15.3 Å². The molecule has 0 saturated heterocycles. The van der Waals surface area contributed by atoms with Gasteiger partial charge in [0.15, 0.2) is 5.79 Å². The smallest absolute Gasteiger partial charge is 0.189 e. The van der Waals surface area contributed by atoms with Crippen LogP contribution in [0.5, 0.6) is 0 Å². The van der Waals surface area contributed by atoms with Gasteiger partial charge in [0.25, 0.3) is 0 Å². The van der Waals surface area contributed by atoms with E-state index in [1.165, 1.54) is 25.7 Å². The van der Waals surface area contributed by atoms with E-state index in [4.69, 9.17) is 0 Å². The molecule has 0 radical (unpaired) electrons. The molecule has 1 saturated carbocycles. The van der Waals surface area contributed by atoms with Gasteiger partial charge >= 0.3 is 0 Å². The molecular weight excluding hydrogens is 192 g/mol. The normalized spacial score (nSPS) is 30.2. The zero-order valence-electron chi connectivity index (χ0n) is 9.49. The van der Waals surface area contributed by atoms with E-state index in [2.05, 4.69) is 0 Å². The molecule has 90 valence electrons. The van der Waals surface area contributed by atoms with Crippen LogP contribution >= 0.6 is 0 Å². The fourth-order valence-electron chi connectivity index (χ4n) is 2.18. The van der Waals surface area contributed by atoms with E-state index in [1.54, 1.807) is 0 Å². The highest BCUT2D eigenvalue weighted by Gasteiger charge is 2.31. The Kier molecular flexibility index (Phi) is 5.58. The summed E-state index contributed by atoms with van der Waals surface area (Å²) >= 11 is 0. The average molecular weight is 216 g/mol. The van der Waals surface area contributed by atoms with Crippen LogP contribution in [0.25, 0.3) is 0 Å². The maximum absolute atomic E-state index is 9.63. The number of rotatable bonds is 0. The summed E-state index contributed by atoms with van der Waals surface area (Å²) in [6, 6.07) is 0. The van der Waals surface area contributed by atoms with Crippen LogP contribution in [0.3, 0.4) is 0 Å². The lowest BCUT2D eigenvalue weighted by atomic mass is 9.95. The fourth-order valence-corrected chi connectivity index (χ4v) is 2.18. The van der Waals surface area contributed by atoms with Gasteiger partial charge in [-0.3, -0.25) is 0 Å². The standard InChI is InChI=1S/C12H24O3/c13-11-9-7-5-3-1-2-4-6-8-10-12(11,14)15/h11,13-15H,1-10H2. The summed E-state index contributed by atoms with van der Waals surface area (Å²) in [5.74, 6) is -1.86. The maximum Gasteiger partial charge on any atom is 0.189 e. The van der Waals surface area contributed by atoms with Crippen molar-refractivity contribution >= 4 is 0 Å². The molecule has 0 aromatic heterocycles. The van der Waals surface area contributed by atoms with E-state index in [1.807, 2.05) is 0 Å². The molecule has 1 aliphatic rings. The van der Waals surface area contributed by atoms with Gasteiger partial charge in [0.2, 0.25) is 0 Å². The van der Waals surface area contributed by atoms with Gasteiger partial charge in [0.05, 0.1) is 0 Å². The topological polar surface area (TPSA) is 60.7 Å². The zero-order chi connectivity index (χ0) is 11.1. The second-order valence-corrected chi connectivity index (χ2v) is 4.76. The lowest BCUT2D eigenvalue weighted by Gasteiger charge is -2.27. The van der Waals surface area contributed by atoms with Gasteiger partial charge in [-0.25, -0.2) is 0 Å². The van der Waals surface area contributed by atoms with Crippen LogP contribution in [0.15, 0.2) is 0 Å². The van der Waals surface area contributed by atoms with Crippen molar-refractivity contribution in [2.45, 2.75) is 76.1 Å². The minimum absolute atomic E-state index is 0.300. The first-order valence-electron chi connectivity index (χ1n) is 6.26. The highest BCUT2D eigenvalue weighted by Crippen LogP contribution is 2.22. The monoisotopic (exact) mass is 216 g/mol. The highest BCUT2D eigenvalue weighted by atomic mass is 16.5. The van der Waals surface area contributed by atoms with Crippen molar-refractivity contribution in [2.75, 3.05) is 0 Å². The quantitative estimate of drug-likeness (QED) is 0.542. The van der Waals surface area contributed by atoms with E-state index >= 15 is 0 Å². The molecule has 15 heavy (non-hydrogen) atoms. The molecule has 1 aliphatic carbocycles. The Bertz CT molecular complexity index is 168. The molecule has 1 unspecified atom stereocenters. The van der Waals surface area contributed by atoms with Crippen molar-refractivity contribution in [3.63, 3.8) is 0 Å². The second kappa shape index (κ2) is 6.46. The Hall–Kier alpha value is -0.120. The van der Waals surface area contributed by atoms with Crippen molar-refractivity contribution in [1.29, 1.82) is 0 Å². The third-order valence-electron chi connectivity index (χ3n) is 3.31. The Morgan fingerprint density at radius 2 is 1.20 bits per heavy atom. The van der Waals surface area contributed by atoms with Crippen LogP contribution in [0.2, 0.25) is 0 Å². The highest BCUT2D eigenvalue weighted by molar-refractivity contribution is 4.75. The molecule has 0 aromatic carbocycles. The summed E-state index contributed by atoms with van der Waals surface area (Å²) in [5, 5.41) is 28.9. The van der Waals surface area contributed by atoms with Crippen LogP contribution in [0, 0.1) is 0 Å². The Balaban J connectivity index is 2.38. The molecule has 3 nitrogen and oxygen atoms in total. The predicted molar refractivity (Wildman–Crippen MR) is 59.3 cm³/mol. The van der Waals surface area contributed by atoms with Crippen molar-refractivity contribution in [3.05, 3.63) is 0 Å². The minimum atomic E-state index is -1.86. The number of hydrogen-bond acceptors (Lipinski definition) is 3. The molecule has 3 N–H and O–H groups in total. The van der Waals surface area contributed by atoms with Crippen molar-refractivity contribution < 1.29 is 15.3 Å². The van der Waals surface area contributed by atoms with E-state index < -0.39 is 11.9 Å². The summed E-state index contributed by atoms with van der Waals surface area (Å²) in [6.45, 7) is 0. The van der Waals surface area contributed by atoms with Gasteiger partial charge in [-0.15, -0.1) is 0 Å². The molecule has 3 heteroatoms. The SMILES string of the molecule is OC1CCCCCCCCCCC1(O)O. The molecule has 1 fully saturated rings. The molecular formula is C12H24O3. The molecule has 0 bridgehead atoms. The zero-order valence-corrected chi connectivity index (χ0v) is 9.49. The Labute approximate surface area is 92.1 Å². The predicted octanol–water partition coefficient (Wildman–Crippen LogP) is 1.94. The maximum atomic E-state index is 9.63. The molecule has 0 amide bonds. The van der Waals surface area contributed by atoms with Gasteiger partial charge in [-0.05, 0) is 12.8 Å². The van der Waals surface area contributed by atoms with Crippen LogP contribution < -0.4 is 0 Å². The molecule has 0 heterocycles. The molecule has 0 spiro atoms. The van der Waals surface area contributed by atoms with Gasteiger partial charge < -0.3 is 15.3 Å². The summed E-state index contributed by atoms with van der Waals surface area (Å²) < 4.78 is 0. The molecule has 0 aromatic rings. The van der Waals surface area contributed by atoms with Gasteiger partial charge in [-0.2, -0.15) is 0 Å². The van der Waals surface area contributed by atoms with E-state index in [-0.39, 0.29) is 0 Å². The summed E-state index contributed by atoms with van der Waals surface area (Å²) in [4.78, 5) is 0. The second-order valence-electron chi connectivity index (χ2n) is 4.76. The van der Waals surface area contributed by atoms with E-state index in [0.717, 1.165) is 25.7 Å². The third kappa shape index (κ3) is 4.96. The number of hydrogen-bond donors (Lipinski definition) is 3. The van der Waals surface area contributed by atoms with E-state index in [0.29, 0.717) is 12.8 Å². The lowest BCUT2D eigenvalue weighted by Crippen LogP contribution is -2.42. The first-order valence-corrected chi connectivity index (χ1v) is 6.26. The Morgan fingerprint density at radius 1 is 0.733 bits per heavy atom. The van der Waals surface area contributed by atoms with Gasteiger partial charge in [0, 0.05) is 6.42 Å². The third-order valence-corrected chi connectivity index (χ3v) is 3.31. The van der Waals surface area contributed by atoms with Crippen LogP contribution in [0.4, 0.5) is 0 Å². The average Bonchev–Trinajstić information content (AvgIpc) is 2.18. The molecule has 1 atom stereocenters. The van der Waals surface area contributed by atoms with Crippen LogP contribution in [-0.4, -0.2) is 27.2 Å². The summed E-state index contributed by atoms with van der Waals surface area (Å²) in [7, 11) is 0. The minimum Gasteiger partial charge on any atom is -0.388 e. The van der Waals surface area contributed by atoms with Gasteiger partial charge in [-0.1, -0.05) is 44.9 Å². The number of aliphatic hydroxyl groups excluding tert-OH is 1. The lowest BCUT2D eigenvalue weighted by molar-refractivity contribution is -0.231. The molecule has 1 rings (SSSR count). The number of aliphatic hydroxyl groups is 3. The van der Waals surface area contributed by atoms with Crippen molar-refractivity contribution in [2.24, 2.45) is 0 Å².